The minimum atomic E-state index is -4.84. The molecular weight excluding hydrogens is 507 g/mol. The minimum absolute atomic E-state index is 0.0792. The maximum atomic E-state index is 13.1. The summed E-state index contributed by atoms with van der Waals surface area (Å²) in [4.78, 5) is 49.8. The molecule has 0 radical (unpaired) electrons. The van der Waals surface area contributed by atoms with Gasteiger partial charge in [0.1, 0.15) is 23.9 Å². The van der Waals surface area contributed by atoms with Gasteiger partial charge in [-0.3, -0.25) is 19.2 Å². The molecule has 0 aliphatic heterocycles. The molecule has 0 aromatic heterocycles. The van der Waals surface area contributed by atoms with Crippen LogP contribution in [0.1, 0.15) is 31.9 Å². The monoisotopic (exact) mass is 537 g/mol. The number of hydrogen-bond acceptors (Lipinski definition) is 5. The number of carboxylic acids is 1. The lowest BCUT2D eigenvalue weighted by Gasteiger charge is -2.26. The first-order chi connectivity index (χ1) is 17.7. The van der Waals surface area contributed by atoms with Gasteiger partial charge in [-0.05, 0) is 36.1 Å². The Labute approximate surface area is 217 Å². The number of carbonyl (C=O) groups is 4. The van der Waals surface area contributed by atoms with Crippen molar-refractivity contribution in [3.05, 3.63) is 65.7 Å². The molecule has 0 bridgehead atoms. The standard InChI is InChI=1S/C26H30F3N3O6/c1-15(2)22(32-21(33)14-18-9-11-19(12-10-18)38-26(27,28)29)24(35)31-20(13-17-7-5-4-6-8-17)23(34)30-16(3)25(36)37/h4-12,15-16,20,22H,13-14H2,1-3H3,(H,30,34)(H,31,35)(H,32,33)(H,36,37)/t16-,20?,22?/m0/s1. The number of carbonyl (C=O) groups excluding carboxylic acids is 3. The van der Waals surface area contributed by atoms with Crippen molar-refractivity contribution in [1.29, 1.82) is 0 Å². The maximum Gasteiger partial charge on any atom is 0.573 e. The molecule has 0 saturated heterocycles. The smallest absolute Gasteiger partial charge is 0.480 e. The van der Waals surface area contributed by atoms with Gasteiger partial charge in [-0.25, -0.2) is 0 Å². The molecule has 2 unspecified atom stereocenters. The van der Waals surface area contributed by atoms with Crippen molar-refractivity contribution in [2.75, 3.05) is 0 Å². The Bertz CT molecular complexity index is 1110. The maximum absolute atomic E-state index is 13.1. The van der Waals surface area contributed by atoms with Crippen LogP contribution in [0.2, 0.25) is 0 Å². The van der Waals surface area contributed by atoms with Gasteiger partial charge in [0, 0.05) is 6.42 Å². The Kier molecular flexibility index (Phi) is 10.7. The number of benzene rings is 2. The SMILES string of the molecule is CC(C)C(NC(=O)Cc1ccc(OC(F)(F)F)cc1)C(=O)NC(Cc1ccccc1)C(=O)N[C@@H](C)C(=O)O. The largest absolute Gasteiger partial charge is 0.573 e. The van der Waals surface area contributed by atoms with Crippen LogP contribution in [-0.2, 0) is 32.0 Å². The van der Waals surface area contributed by atoms with E-state index in [1.165, 1.54) is 19.1 Å². The number of carboxylic acid groups (broad SMARTS) is 1. The van der Waals surface area contributed by atoms with Crippen molar-refractivity contribution < 1.29 is 42.2 Å². The molecule has 3 amide bonds. The van der Waals surface area contributed by atoms with Gasteiger partial charge in [0.15, 0.2) is 0 Å². The van der Waals surface area contributed by atoms with E-state index in [1.807, 2.05) is 0 Å². The van der Waals surface area contributed by atoms with Gasteiger partial charge in [0.25, 0.3) is 0 Å². The van der Waals surface area contributed by atoms with Crippen LogP contribution in [0.3, 0.4) is 0 Å². The van der Waals surface area contributed by atoms with Crippen LogP contribution in [-0.4, -0.2) is 53.3 Å². The van der Waals surface area contributed by atoms with Crippen LogP contribution in [0, 0.1) is 5.92 Å². The molecule has 3 atom stereocenters. The molecular formula is C26H30F3N3O6. The molecule has 0 aliphatic rings. The third kappa shape index (κ3) is 10.1. The van der Waals surface area contributed by atoms with Gasteiger partial charge in [-0.2, -0.15) is 0 Å². The summed E-state index contributed by atoms with van der Waals surface area (Å²) in [5.74, 6) is -3.98. The third-order valence-corrected chi connectivity index (χ3v) is 5.43. The molecule has 4 N–H and O–H groups in total. The number of ether oxygens (including phenoxy) is 1. The fourth-order valence-electron chi connectivity index (χ4n) is 3.45. The second-order valence-electron chi connectivity index (χ2n) is 8.98. The predicted molar refractivity (Wildman–Crippen MR) is 131 cm³/mol. The summed E-state index contributed by atoms with van der Waals surface area (Å²) in [7, 11) is 0. The topological polar surface area (TPSA) is 134 Å². The van der Waals surface area contributed by atoms with E-state index < -0.39 is 53.9 Å². The van der Waals surface area contributed by atoms with Gasteiger partial charge in [-0.15, -0.1) is 13.2 Å². The van der Waals surface area contributed by atoms with Crippen molar-refractivity contribution in [1.82, 2.24) is 16.0 Å². The van der Waals surface area contributed by atoms with Crippen LogP contribution < -0.4 is 20.7 Å². The summed E-state index contributed by atoms with van der Waals surface area (Å²) in [5.41, 5.74) is 1.11. The van der Waals surface area contributed by atoms with E-state index >= 15 is 0 Å². The predicted octanol–water partition coefficient (Wildman–Crippen LogP) is 2.59. The van der Waals surface area contributed by atoms with Gasteiger partial charge in [0.05, 0.1) is 6.42 Å². The molecule has 0 heterocycles. The van der Waals surface area contributed by atoms with Crippen molar-refractivity contribution in [3.63, 3.8) is 0 Å². The fraction of sp³-hybridized carbons (Fsp3) is 0.385. The lowest BCUT2D eigenvalue weighted by molar-refractivity contribution is -0.274. The number of hydrogen-bond donors (Lipinski definition) is 4. The summed E-state index contributed by atoms with van der Waals surface area (Å²) >= 11 is 0. The molecule has 0 fully saturated rings. The van der Waals surface area contributed by atoms with E-state index in [0.717, 1.165) is 17.7 Å². The highest BCUT2D eigenvalue weighted by atomic mass is 19.4. The molecule has 2 rings (SSSR count). The van der Waals surface area contributed by atoms with Crippen molar-refractivity contribution >= 4 is 23.7 Å². The number of halogens is 3. The summed E-state index contributed by atoms with van der Waals surface area (Å²) in [5, 5.41) is 16.7. The molecule has 206 valence electrons. The molecule has 38 heavy (non-hydrogen) atoms. The number of amides is 3. The molecule has 0 saturated carbocycles. The number of rotatable bonds is 12. The van der Waals surface area contributed by atoms with Crippen molar-refractivity contribution in [2.45, 2.75) is 58.1 Å². The second-order valence-corrected chi connectivity index (χ2v) is 8.98. The Morgan fingerprint density at radius 3 is 1.97 bits per heavy atom. The Balaban J connectivity index is 2.10. The van der Waals surface area contributed by atoms with E-state index in [4.69, 9.17) is 5.11 Å². The van der Waals surface area contributed by atoms with Crippen LogP contribution in [0.15, 0.2) is 54.6 Å². The van der Waals surface area contributed by atoms with Crippen LogP contribution >= 0.6 is 0 Å². The lowest BCUT2D eigenvalue weighted by atomic mass is 10.0. The van der Waals surface area contributed by atoms with Crippen LogP contribution in [0.25, 0.3) is 0 Å². The zero-order valence-electron chi connectivity index (χ0n) is 21.0. The van der Waals surface area contributed by atoms with Gasteiger partial charge < -0.3 is 25.8 Å². The van der Waals surface area contributed by atoms with Gasteiger partial charge in [0.2, 0.25) is 17.7 Å². The lowest BCUT2D eigenvalue weighted by Crippen LogP contribution is -2.57. The molecule has 2 aromatic rings. The van der Waals surface area contributed by atoms with E-state index in [2.05, 4.69) is 20.7 Å². The quantitative estimate of drug-likeness (QED) is 0.329. The number of aliphatic carboxylic acids is 1. The number of nitrogens with one attached hydrogen (secondary N) is 3. The summed E-state index contributed by atoms with van der Waals surface area (Å²) in [6.07, 6.45) is -4.97. The number of alkyl halides is 3. The highest BCUT2D eigenvalue weighted by molar-refractivity contribution is 5.93. The van der Waals surface area contributed by atoms with E-state index in [9.17, 15) is 32.3 Å². The molecule has 2 aromatic carbocycles. The minimum Gasteiger partial charge on any atom is -0.480 e. The summed E-state index contributed by atoms with van der Waals surface area (Å²) in [6.45, 7) is 4.67. The Hall–Kier alpha value is -4.09. The van der Waals surface area contributed by atoms with Crippen LogP contribution in [0.4, 0.5) is 13.2 Å². The first-order valence-corrected chi connectivity index (χ1v) is 11.8. The third-order valence-electron chi connectivity index (χ3n) is 5.43. The van der Waals surface area contributed by atoms with E-state index in [0.29, 0.717) is 5.56 Å². The zero-order chi connectivity index (χ0) is 28.5. The average molecular weight is 538 g/mol. The molecule has 0 aliphatic carbocycles. The Morgan fingerprint density at radius 2 is 1.45 bits per heavy atom. The molecule has 0 spiro atoms. The highest BCUT2D eigenvalue weighted by Crippen LogP contribution is 2.22. The Morgan fingerprint density at radius 1 is 0.842 bits per heavy atom. The summed E-state index contributed by atoms with van der Waals surface area (Å²) in [6, 6.07) is 10.2. The van der Waals surface area contributed by atoms with Crippen molar-refractivity contribution in [3.8, 4) is 5.75 Å². The normalized spacial score (nSPS) is 13.7. The van der Waals surface area contributed by atoms with E-state index in [-0.39, 0.29) is 18.8 Å². The van der Waals surface area contributed by atoms with Crippen LogP contribution in [0.5, 0.6) is 5.75 Å². The summed E-state index contributed by atoms with van der Waals surface area (Å²) < 4.78 is 40.8. The molecule has 12 heteroatoms. The first-order valence-electron chi connectivity index (χ1n) is 11.8. The first kappa shape index (κ1) is 30.1. The van der Waals surface area contributed by atoms with Gasteiger partial charge >= 0.3 is 12.3 Å². The zero-order valence-corrected chi connectivity index (χ0v) is 21.0. The second kappa shape index (κ2) is 13.5. The highest BCUT2D eigenvalue weighted by Gasteiger charge is 2.32. The van der Waals surface area contributed by atoms with Gasteiger partial charge in [-0.1, -0.05) is 56.3 Å². The fourth-order valence-corrected chi connectivity index (χ4v) is 3.45. The molecule has 9 nitrogen and oxygen atoms in total. The van der Waals surface area contributed by atoms with E-state index in [1.54, 1.807) is 44.2 Å². The average Bonchev–Trinajstić information content (AvgIpc) is 2.82. The van der Waals surface area contributed by atoms with Crippen molar-refractivity contribution in [2.24, 2.45) is 5.92 Å².